The number of nitrogen functional groups attached to an aromatic ring is 1. The van der Waals surface area contributed by atoms with Crippen LogP contribution in [0, 0.1) is 0 Å². The maximum atomic E-state index is 12.9. The van der Waals surface area contributed by atoms with Crippen molar-refractivity contribution in [1.82, 2.24) is 9.55 Å². The average Bonchev–Trinajstić information content (AvgIpc) is 3.03. The van der Waals surface area contributed by atoms with Gasteiger partial charge in [0.1, 0.15) is 5.82 Å². The van der Waals surface area contributed by atoms with Gasteiger partial charge in [-0.1, -0.05) is 26.7 Å². The SMILES string of the molecule is CCCCN(C(=O)c1ccc(Br)o1)c1c(N)n(CCCC)c(=O)[nH]c1=O. The van der Waals surface area contributed by atoms with E-state index in [0.29, 0.717) is 17.6 Å². The standard InChI is InChI=1S/C17H23BrN4O4/c1-3-5-9-21(16(24)11-7-8-12(18)26-11)13-14(19)22(10-6-4-2)17(25)20-15(13)23/h7-8H,3-6,9-10,19H2,1-2H3,(H,20,23,25). The number of nitrogens with one attached hydrogen (secondary N) is 1. The quantitative estimate of drug-likeness (QED) is 0.673. The van der Waals surface area contributed by atoms with E-state index in [2.05, 4.69) is 20.9 Å². The van der Waals surface area contributed by atoms with Crippen molar-refractivity contribution in [2.24, 2.45) is 0 Å². The molecule has 0 saturated heterocycles. The summed E-state index contributed by atoms with van der Waals surface area (Å²) >= 11 is 3.16. The zero-order chi connectivity index (χ0) is 19.3. The Morgan fingerprint density at radius 2 is 1.96 bits per heavy atom. The molecule has 1 amide bonds. The number of hydrogen-bond donors (Lipinski definition) is 2. The van der Waals surface area contributed by atoms with Crippen LogP contribution < -0.4 is 21.9 Å². The third-order valence-electron chi connectivity index (χ3n) is 3.98. The molecule has 2 aromatic heterocycles. The van der Waals surface area contributed by atoms with Crippen molar-refractivity contribution >= 4 is 33.3 Å². The lowest BCUT2D eigenvalue weighted by atomic mass is 10.2. The summed E-state index contributed by atoms with van der Waals surface area (Å²) in [6.07, 6.45) is 3.07. The Kier molecular flexibility index (Phi) is 6.84. The van der Waals surface area contributed by atoms with E-state index in [9.17, 15) is 14.4 Å². The summed E-state index contributed by atoms with van der Waals surface area (Å²) in [6.45, 7) is 4.61. The van der Waals surface area contributed by atoms with Crippen molar-refractivity contribution in [3.8, 4) is 0 Å². The Balaban J connectivity index is 2.55. The largest absolute Gasteiger partial charge is 0.444 e. The molecule has 9 heteroatoms. The Morgan fingerprint density at radius 1 is 1.27 bits per heavy atom. The van der Waals surface area contributed by atoms with E-state index in [1.807, 2.05) is 13.8 Å². The van der Waals surface area contributed by atoms with Gasteiger partial charge in [0.15, 0.2) is 16.1 Å². The summed E-state index contributed by atoms with van der Waals surface area (Å²) in [6, 6.07) is 3.11. The number of aromatic amines is 1. The fourth-order valence-corrected chi connectivity index (χ4v) is 2.88. The summed E-state index contributed by atoms with van der Waals surface area (Å²) in [5, 5.41) is 0. The van der Waals surface area contributed by atoms with Gasteiger partial charge in [-0.3, -0.25) is 24.0 Å². The number of halogens is 1. The number of aromatic nitrogens is 2. The van der Waals surface area contributed by atoms with Crippen molar-refractivity contribution in [1.29, 1.82) is 0 Å². The van der Waals surface area contributed by atoms with E-state index in [1.165, 1.54) is 15.5 Å². The highest BCUT2D eigenvalue weighted by Gasteiger charge is 2.26. The molecule has 0 fully saturated rings. The first kappa shape index (κ1) is 20.0. The summed E-state index contributed by atoms with van der Waals surface area (Å²) in [7, 11) is 0. The van der Waals surface area contributed by atoms with Gasteiger partial charge in [-0.2, -0.15) is 0 Å². The summed E-state index contributed by atoms with van der Waals surface area (Å²) in [4.78, 5) is 41.0. The minimum Gasteiger partial charge on any atom is -0.444 e. The smallest absolute Gasteiger partial charge is 0.330 e. The summed E-state index contributed by atoms with van der Waals surface area (Å²) in [5.41, 5.74) is 4.85. The number of H-pyrrole nitrogens is 1. The number of nitrogens with zero attached hydrogens (tertiary/aromatic N) is 2. The molecule has 0 unspecified atom stereocenters. The van der Waals surface area contributed by atoms with Gasteiger partial charge in [-0.05, 0) is 40.9 Å². The van der Waals surface area contributed by atoms with Crippen molar-refractivity contribution in [2.45, 2.75) is 46.1 Å². The molecule has 0 spiro atoms. The van der Waals surface area contributed by atoms with Crippen LogP contribution in [0.3, 0.4) is 0 Å². The van der Waals surface area contributed by atoms with Gasteiger partial charge < -0.3 is 10.2 Å². The summed E-state index contributed by atoms with van der Waals surface area (Å²) in [5.74, 6) is -0.414. The number of rotatable bonds is 8. The van der Waals surface area contributed by atoms with Gasteiger partial charge in [-0.15, -0.1) is 0 Å². The maximum Gasteiger partial charge on any atom is 0.330 e. The number of carbonyl (C=O) groups is 1. The molecule has 3 N–H and O–H groups in total. The fourth-order valence-electron chi connectivity index (χ4n) is 2.57. The Bertz CT molecular complexity index is 884. The predicted octanol–water partition coefficient (Wildman–Crippen LogP) is 2.72. The van der Waals surface area contributed by atoms with Crippen molar-refractivity contribution in [3.63, 3.8) is 0 Å². The highest BCUT2D eigenvalue weighted by atomic mass is 79.9. The number of carbonyl (C=O) groups excluding carboxylic acids is 1. The third kappa shape index (κ3) is 4.27. The van der Waals surface area contributed by atoms with E-state index in [4.69, 9.17) is 10.2 Å². The lowest BCUT2D eigenvalue weighted by molar-refractivity contribution is 0.0958. The normalized spacial score (nSPS) is 10.9. The minimum atomic E-state index is -0.685. The number of furan rings is 1. The lowest BCUT2D eigenvalue weighted by Gasteiger charge is -2.23. The molecule has 0 bridgehead atoms. The molecule has 142 valence electrons. The monoisotopic (exact) mass is 426 g/mol. The molecule has 2 rings (SSSR count). The Morgan fingerprint density at radius 3 is 2.54 bits per heavy atom. The molecule has 2 heterocycles. The van der Waals surface area contributed by atoms with Crippen molar-refractivity contribution in [3.05, 3.63) is 43.4 Å². The molecule has 0 aliphatic carbocycles. The van der Waals surface area contributed by atoms with Crippen LogP contribution in [0.4, 0.5) is 11.5 Å². The minimum absolute atomic E-state index is 0.0118. The Labute approximate surface area is 159 Å². The van der Waals surface area contributed by atoms with Crippen molar-refractivity contribution < 1.29 is 9.21 Å². The number of amides is 1. The lowest BCUT2D eigenvalue weighted by Crippen LogP contribution is -2.41. The second kappa shape index (κ2) is 8.88. The summed E-state index contributed by atoms with van der Waals surface area (Å²) < 4.78 is 7.03. The number of hydrogen-bond acceptors (Lipinski definition) is 5. The molecular weight excluding hydrogens is 404 g/mol. The van der Waals surface area contributed by atoms with Gasteiger partial charge in [-0.25, -0.2) is 4.79 Å². The van der Waals surface area contributed by atoms with Crippen molar-refractivity contribution in [2.75, 3.05) is 17.2 Å². The van der Waals surface area contributed by atoms with E-state index in [0.717, 1.165) is 19.3 Å². The fraction of sp³-hybridized carbons (Fsp3) is 0.471. The molecule has 2 aromatic rings. The zero-order valence-corrected chi connectivity index (χ0v) is 16.5. The van der Waals surface area contributed by atoms with Crippen LogP contribution in [0.5, 0.6) is 0 Å². The number of unbranched alkanes of at least 4 members (excludes halogenated alkanes) is 2. The highest BCUT2D eigenvalue weighted by molar-refractivity contribution is 9.10. The van der Waals surface area contributed by atoms with Gasteiger partial charge in [0, 0.05) is 13.1 Å². The first-order valence-electron chi connectivity index (χ1n) is 8.60. The van der Waals surface area contributed by atoms with Crippen LogP contribution in [-0.4, -0.2) is 22.0 Å². The Hall–Kier alpha value is -2.29. The van der Waals surface area contributed by atoms with E-state index in [-0.39, 0.29) is 23.8 Å². The zero-order valence-electron chi connectivity index (χ0n) is 14.9. The van der Waals surface area contributed by atoms with Crippen LogP contribution >= 0.6 is 15.9 Å². The second-order valence-electron chi connectivity index (χ2n) is 5.91. The third-order valence-corrected chi connectivity index (χ3v) is 4.41. The molecule has 26 heavy (non-hydrogen) atoms. The highest BCUT2D eigenvalue weighted by Crippen LogP contribution is 2.22. The molecule has 0 atom stereocenters. The molecule has 0 saturated carbocycles. The predicted molar refractivity (Wildman–Crippen MR) is 104 cm³/mol. The molecular formula is C17H23BrN4O4. The molecule has 0 radical (unpaired) electrons. The number of nitrogens with two attached hydrogens (primary N) is 1. The molecule has 0 aliphatic heterocycles. The van der Waals surface area contributed by atoms with Crippen LogP contribution in [-0.2, 0) is 6.54 Å². The average molecular weight is 427 g/mol. The van der Waals surface area contributed by atoms with Crippen LogP contribution in [0.25, 0.3) is 0 Å². The van der Waals surface area contributed by atoms with E-state index in [1.54, 1.807) is 6.07 Å². The van der Waals surface area contributed by atoms with Gasteiger partial charge >= 0.3 is 5.69 Å². The van der Waals surface area contributed by atoms with Gasteiger partial charge in [0.25, 0.3) is 11.5 Å². The van der Waals surface area contributed by atoms with Crippen LogP contribution in [0.2, 0.25) is 0 Å². The maximum absolute atomic E-state index is 12.9. The first-order chi connectivity index (χ1) is 12.4. The van der Waals surface area contributed by atoms with E-state index >= 15 is 0 Å². The first-order valence-corrected chi connectivity index (χ1v) is 9.39. The number of anilines is 2. The van der Waals surface area contributed by atoms with Gasteiger partial charge in [0.05, 0.1) is 0 Å². The molecule has 0 aliphatic rings. The molecule has 8 nitrogen and oxygen atoms in total. The second-order valence-corrected chi connectivity index (χ2v) is 6.69. The molecule has 0 aromatic carbocycles. The van der Waals surface area contributed by atoms with Crippen LogP contribution in [0.1, 0.15) is 50.1 Å². The topological polar surface area (TPSA) is 114 Å². The van der Waals surface area contributed by atoms with Crippen LogP contribution in [0.15, 0.2) is 30.8 Å². The van der Waals surface area contributed by atoms with E-state index < -0.39 is 17.2 Å². The van der Waals surface area contributed by atoms with Gasteiger partial charge in [0.2, 0.25) is 0 Å².